The van der Waals surface area contributed by atoms with E-state index in [9.17, 15) is 23.6 Å². The number of rotatable bonds is 4. The SMILES string of the molecule is CC1(C)C(NS(=O)(=O)c2ccc(O)c([N+](=O)[O-])c2)C1(C)C. The summed E-state index contributed by atoms with van der Waals surface area (Å²) in [5, 5.41) is 20.1. The van der Waals surface area contributed by atoms with E-state index in [0.29, 0.717) is 0 Å². The predicted molar refractivity (Wildman–Crippen MR) is 76.4 cm³/mol. The molecule has 1 aromatic rings. The number of hydrogen-bond donors (Lipinski definition) is 2. The molecule has 1 aromatic carbocycles. The number of nitrogens with zero attached hydrogens (tertiary/aromatic N) is 1. The zero-order valence-corrected chi connectivity index (χ0v) is 13.1. The van der Waals surface area contributed by atoms with E-state index in [-0.39, 0.29) is 21.8 Å². The third-order valence-electron chi connectivity index (χ3n) is 4.75. The topological polar surface area (TPSA) is 110 Å². The van der Waals surface area contributed by atoms with E-state index in [1.807, 2.05) is 27.7 Å². The zero-order valence-electron chi connectivity index (χ0n) is 12.2. The highest BCUT2D eigenvalue weighted by Gasteiger charge is 2.66. The van der Waals surface area contributed by atoms with Gasteiger partial charge >= 0.3 is 5.69 Å². The maximum absolute atomic E-state index is 12.3. The second kappa shape index (κ2) is 4.41. The van der Waals surface area contributed by atoms with E-state index >= 15 is 0 Å². The smallest absolute Gasteiger partial charge is 0.312 e. The Kier molecular flexibility index (Phi) is 3.30. The van der Waals surface area contributed by atoms with Gasteiger partial charge in [-0.3, -0.25) is 10.1 Å². The number of sulfonamides is 1. The Hall–Kier alpha value is -1.67. The maximum atomic E-state index is 12.3. The van der Waals surface area contributed by atoms with Crippen molar-refractivity contribution in [3.8, 4) is 5.75 Å². The van der Waals surface area contributed by atoms with Crippen molar-refractivity contribution in [2.75, 3.05) is 0 Å². The van der Waals surface area contributed by atoms with E-state index in [1.165, 1.54) is 0 Å². The first-order valence-corrected chi connectivity index (χ1v) is 7.89. The van der Waals surface area contributed by atoms with Crippen LogP contribution in [0.4, 0.5) is 5.69 Å². The summed E-state index contributed by atoms with van der Waals surface area (Å²) in [5.74, 6) is -0.564. The molecule has 116 valence electrons. The Morgan fingerprint density at radius 3 is 2.19 bits per heavy atom. The minimum atomic E-state index is -3.88. The lowest BCUT2D eigenvalue weighted by atomic mass is 10.0. The van der Waals surface area contributed by atoms with Crippen molar-refractivity contribution in [2.24, 2.45) is 10.8 Å². The number of aromatic hydroxyl groups is 1. The number of nitro groups is 1. The number of hydrogen-bond acceptors (Lipinski definition) is 5. The molecule has 1 saturated carbocycles. The summed E-state index contributed by atoms with van der Waals surface area (Å²) in [6, 6.07) is 2.77. The molecule has 0 amide bonds. The second-order valence-electron chi connectivity index (χ2n) is 6.41. The molecule has 0 heterocycles. The van der Waals surface area contributed by atoms with Gasteiger partial charge in [0.15, 0.2) is 5.75 Å². The fourth-order valence-corrected chi connectivity index (χ4v) is 4.08. The van der Waals surface area contributed by atoms with E-state index in [2.05, 4.69) is 4.72 Å². The molecule has 0 bridgehead atoms. The summed E-state index contributed by atoms with van der Waals surface area (Å²) in [5.41, 5.74) is -1.02. The Morgan fingerprint density at radius 2 is 1.76 bits per heavy atom. The van der Waals surface area contributed by atoms with Crippen LogP contribution in [0.3, 0.4) is 0 Å². The Labute approximate surface area is 123 Å². The van der Waals surface area contributed by atoms with Crippen LogP contribution >= 0.6 is 0 Å². The van der Waals surface area contributed by atoms with Crippen molar-refractivity contribution in [1.82, 2.24) is 4.72 Å². The molecule has 2 rings (SSSR count). The third kappa shape index (κ3) is 2.38. The molecule has 21 heavy (non-hydrogen) atoms. The van der Waals surface area contributed by atoms with Crippen molar-refractivity contribution in [1.29, 1.82) is 0 Å². The van der Waals surface area contributed by atoms with Gasteiger partial charge in [-0.1, -0.05) is 27.7 Å². The average molecular weight is 314 g/mol. The summed E-state index contributed by atoms with van der Waals surface area (Å²) < 4.78 is 27.2. The van der Waals surface area contributed by atoms with Gasteiger partial charge in [-0.05, 0) is 23.0 Å². The van der Waals surface area contributed by atoms with E-state index in [4.69, 9.17) is 0 Å². The van der Waals surface area contributed by atoms with Crippen LogP contribution in [-0.4, -0.2) is 24.5 Å². The molecule has 2 N–H and O–H groups in total. The van der Waals surface area contributed by atoms with Crippen molar-refractivity contribution in [3.63, 3.8) is 0 Å². The van der Waals surface area contributed by atoms with Crippen molar-refractivity contribution in [2.45, 2.75) is 38.6 Å². The zero-order chi connectivity index (χ0) is 16.2. The predicted octanol–water partition coefficient (Wildman–Crippen LogP) is 2.01. The number of benzene rings is 1. The molecule has 0 spiro atoms. The Morgan fingerprint density at radius 1 is 1.24 bits per heavy atom. The van der Waals surface area contributed by atoms with Crippen LogP contribution in [0, 0.1) is 20.9 Å². The molecule has 1 aliphatic rings. The van der Waals surface area contributed by atoms with Crippen molar-refractivity contribution < 1.29 is 18.4 Å². The average Bonchev–Trinajstić information content (AvgIpc) is 2.71. The van der Waals surface area contributed by atoms with Gasteiger partial charge in [0, 0.05) is 12.1 Å². The van der Waals surface area contributed by atoms with Gasteiger partial charge in [0.1, 0.15) is 0 Å². The fourth-order valence-electron chi connectivity index (χ4n) is 2.53. The Balaban J connectivity index is 2.34. The summed E-state index contributed by atoms with van der Waals surface area (Å²) in [6.07, 6.45) is 0. The van der Waals surface area contributed by atoms with Crippen LogP contribution in [0.15, 0.2) is 23.1 Å². The molecule has 0 atom stereocenters. The molecule has 8 heteroatoms. The minimum absolute atomic E-state index is 0.192. The lowest BCUT2D eigenvalue weighted by Crippen LogP contribution is -2.29. The quantitative estimate of drug-likeness (QED) is 0.652. The normalized spacial score (nSPS) is 20.2. The number of phenols is 1. The molecule has 0 saturated heterocycles. The molecule has 0 aromatic heterocycles. The molecule has 7 nitrogen and oxygen atoms in total. The fraction of sp³-hybridized carbons (Fsp3) is 0.538. The lowest BCUT2D eigenvalue weighted by Gasteiger charge is -2.08. The number of nitro benzene ring substituents is 1. The van der Waals surface area contributed by atoms with Gasteiger partial charge in [-0.2, -0.15) is 0 Å². The molecule has 0 radical (unpaired) electrons. The summed E-state index contributed by atoms with van der Waals surface area (Å²) in [7, 11) is -3.88. The van der Waals surface area contributed by atoms with Gasteiger partial charge in [-0.25, -0.2) is 13.1 Å². The van der Waals surface area contributed by atoms with Gasteiger partial charge in [-0.15, -0.1) is 0 Å². The van der Waals surface area contributed by atoms with Crippen LogP contribution in [0.25, 0.3) is 0 Å². The van der Waals surface area contributed by atoms with E-state index < -0.39 is 26.4 Å². The molecule has 0 unspecified atom stereocenters. The minimum Gasteiger partial charge on any atom is -0.502 e. The summed E-state index contributed by atoms with van der Waals surface area (Å²) in [4.78, 5) is 9.72. The first kappa shape index (κ1) is 15.7. The Bertz CT molecular complexity index is 695. The molecule has 1 aliphatic carbocycles. The first-order chi connectivity index (χ1) is 9.41. The second-order valence-corrected chi connectivity index (χ2v) is 8.12. The highest BCUT2D eigenvalue weighted by Crippen LogP contribution is 2.62. The first-order valence-electron chi connectivity index (χ1n) is 6.41. The third-order valence-corrected chi connectivity index (χ3v) is 6.17. The molecule has 0 aliphatic heterocycles. The van der Waals surface area contributed by atoms with Crippen LogP contribution in [0.5, 0.6) is 5.75 Å². The van der Waals surface area contributed by atoms with Crippen molar-refractivity contribution in [3.05, 3.63) is 28.3 Å². The highest BCUT2D eigenvalue weighted by molar-refractivity contribution is 7.89. The van der Waals surface area contributed by atoms with Gasteiger partial charge in [0.05, 0.1) is 9.82 Å². The molecular formula is C13H18N2O5S. The van der Waals surface area contributed by atoms with Crippen LogP contribution in [-0.2, 0) is 10.0 Å². The van der Waals surface area contributed by atoms with Crippen LogP contribution < -0.4 is 4.72 Å². The van der Waals surface area contributed by atoms with Gasteiger partial charge < -0.3 is 5.11 Å². The van der Waals surface area contributed by atoms with Crippen LogP contribution in [0.1, 0.15) is 27.7 Å². The summed E-state index contributed by atoms with van der Waals surface area (Å²) in [6.45, 7) is 7.83. The lowest BCUT2D eigenvalue weighted by molar-refractivity contribution is -0.386. The summed E-state index contributed by atoms with van der Waals surface area (Å²) >= 11 is 0. The van der Waals surface area contributed by atoms with E-state index in [1.54, 1.807) is 0 Å². The van der Waals surface area contributed by atoms with Gasteiger partial charge in [0.2, 0.25) is 10.0 Å². The largest absolute Gasteiger partial charge is 0.502 e. The molecular weight excluding hydrogens is 296 g/mol. The van der Waals surface area contributed by atoms with Crippen molar-refractivity contribution >= 4 is 15.7 Å². The van der Waals surface area contributed by atoms with Gasteiger partial charge in [0.25, 0.3) is 0 Å². The monoisotopic (exact) mass is 314 g/mol. The van der Waals surface area contributed by atoms with E-state index in [0.717, 1.165) is 18.2 Å². The maximum Gasteiger partial charge on any atom is 0.312 e. The number of nitrogens with one attached hydrogen (secondary N) is 1. The van der Waals surface area contributed by atoms with Crippen LogP contribution in [0.2, 0.25) is 0 Å². The molecule has 1 fully saturated rings. The highest BCUT2D eigenvalue weighted by atomic mass is 32.2. The standard InChI is InChI=1S/C13H18N2O5S/c1-12(2)11(13(12,3)4)14-21(19,20)8-5-6-10(16)9(7-8)15(17)18/h5-7,11,14,16H,1-4H3. The number of phenolic OH excluding ortho intramolecular Hbond substituents is 1.